The number of aromatic nitrogens is 3. The fourth-order valence-electron chi connectivity index (χ4n) is 3.47. The van der Waals surface area contributed by atoms with Crippen molar-refractivity contribution >= 4 is 40.2 Å². The number of aromatic carboxylic acids is 1. The number of halogens is 2. The van der Waals surface area contributed by atoms with E-state index in [4.69, 9.17) is 28.3 Å². The van der Waals surface area contributed by atoms with E-state index in [0.29, 0.717) is 45.4 Å². The van der Waals surface area contributed by atoms with Crippen LogP contribution >= 0.6 is 23.2 Å². The van der Waals surface area contributed by atoms with Gasteiger partial charge in [0.1, 0.15) is 5.56 Å². The number of nitrogens with zero attached hydrogens (tertiary/aromatic N) is 3. The molecule has 2 aromatic carbocycles. The molecule has 30 heavy (non-hydrogen) atoms. The maximum Gasteiger partial charge on any atom is 0.341 e. The standard InChI is InChI=1S/C22H17Cl2N3O3/c1-2-11-26-20-15(12-16(21(26)28)22(29)30)19(13-7-9-14(23)10-8-13)27(25-20)18-6-4-3-5-17(18)24/h3-10,12H,2,11H2,1H3,(H,29,30). The van der Waals surface area contributed by atoms with Gasteiger partial charge in [-0.3, -0.25) is 9.36 Å². The van der Waals surface area contributed by atoms with Gasteiger partial charge < -0.3 is 5.11 Å². The zero-order chi connectivity index (χ0) is 21.4. The van der Waals surface area contributed by atoms with Crippen molar-refractivity contribution in [3.8, 4) is 16.9 Å². The smallest absolute Gasteiger partial charge is 0.341 e. The third-order valence-electron chi connectivity index (χ3n) is 4.80. The van der Waals surface area contributed by atoms with E-state index in [1.165, 1.54) is 10.6 Å². The van der Waals surface area contributed by atoms with E-state index in [1.807, 2.05) is 37.3 Å². The monoisotopic (exact) mass is 441 g/mol. The van der Waals surface area contributed by atoms with Crippen LogP contribution in [-0.2, 0) is 6.54 Å². The van der Waals surface area contributed by atoms with Crippen LogP contribution in [0.15, 0.2) is 59.4 Å². The minimum absolute atomic E-state index is 0.301. The SMILES string of the molecule is CCCn1c(=O)c(C(=O)O)cc2c(-c3ccc(Cl)cc3)n(-c3ccccc3Cl)nc21. The Morgan fingerprint density at radius 2 is 1.80 bits per heavy atom. The molecule has 0 radical (unpaired) electrons. The van der Waals surface area contributed by atoms with Crippen LogP contribution in [0.1, 0.15) is 23.7 Å². The molecule has 8 heteroatoms. The van der Waals surface area contributed by atoms with Gasteiger partial charge in [-0.25, -0.2) is 9.48 Å². The lowest BCUT2D eigenvalue weighted by molar-refractivity contribution is 0.0694. The molecule has 0 saturated carbocycles. The van der Waals surface area contributed by atoms with Crippen molar-refractivity contribution in [3.05, 3.63) is 80.6 Å². The number of fused-ring (bicyclic) bond motifs is 1. The van der Waals surface area contributed by atoms with Gasteiger partial charge in [-0.05, 0) is 36.8 Å². The number of carboxylic acid groups (broad SMARTS) is 1. The van der Waals surface area contributed by atoms with Crippen molar-refractivity contribution < 1.29 is 9.90 Å². The van der Waals surface area contributed by atoms with Crippen molar-refractivity contribution in [1.29, 1.82) is 0 Å². The summed E-state index contributed by atoms with van der Waals surface area (Å²) in [6, 6.07) is 15.7. The highest BCUT2D eigenvalue weighted by Crippen LogP contribution is 2.34. The summed E-state index contributed by atoms with van der Waals surface area (Å²) in [5, 5.41) is 15.9. The van der Waals surface area contributed by atoms with E-state index in [0.717, 1.165) is 5.56 Å². The van der Waals surface area contributed by atoms with Gasteiger partial charge in [0.2, 0.25) is 0 Å². The molecule has 0 aliphatic rings. The summed E-state index contributed by atoms with van der Waals surface area (Å²) in [5.41, 5.74) is 1.53. The summed E-state index contributed by atoms with van der Waals surface area (Å²) in [6.45, 7) is 2.26. The quantitative estimate of drug-likeness (QED) is 0.457. The second-order valence-corrected chi connectivity index (χ2v) is 7.62. The molecule has 0 atom stereocenters. The Labute approximate surface area is 181 Å². The van der Waals surface area contributed by atoms with E-state index < -0.39 is 11.5 Å². The zero-order valence-electron chi connectivity index (χ0n) is 16.0. The van der Waals surface area contributed by atoms with Crippen molar-refractivity contribution in [1.82, 2.24) is 14.3 Å². The number of carboxylic acids is 1. The molecule has 0 aliphatic heterocycles. The average molecular weight is 442 g/mol. The first kappa shape index (κ1) is 20.2. The van der Waals surface area contributed by atoms with Crippen LogP contribution in [0.5, 0.6) is 0 Å². The fourth-order valence-corrected chi connectivity index (χ4v) is 3.81. The van der Waals surface area contributed by atoms with E-state index >= 15 is 0 Å². The molecule has 2 aromatic heterocycles. The van der Waals surface area contributed by atoms with Gasteiger partial charge in [-0.15, -0.1) is 5.10 Å². The predicted octanol–water partition coefficient (Wildman–Crippen LogP) is 5.27. The van der Waals surface area contributed by atoms with Crippen LogP contribution in [0.2, 0.25) is 10.0 Å². The number of hydrogen-bond acceptors (Lipinski definition) is 3. The highest BCUT2D eigenvalue weighted by atomic mass is 35.5. The number of para-hydroxylation sites is 1. The molecule has 0 bridgehead atoms. The Morgan fingerprint density at radius 3 is 2.43 bits per heavy atom. The first-order valence-electron chi connectivity index (χ1n) is 9.33. The summed E-state index contributed by atoms with van der Waals surface area (Å²) in [6.07, 6.45) is 0.646. The summed E-state index contributed by atoms with van der Waals surface area (Å²) in [7, 11) is 0. The Morgan fingerprint density at radius 1 is 1.10 bits per heavy atom. The number of pyridine rings is 1. The number of benzene rings is 2. The van der Waals surface area contributed by atoms with Crippen molar-refractivity contribution in [2.24, 2.45) is 0 Å². The largest absolute Gasteiger partial charge is 0.477 e. The van der Waals surface area contributed by atoms with Crippen molar-refractivity contribution in [3.63, 3.8) is 0 Å². The van der Waals surface area contributed by atoms with Gasteiger partial charge in [-0.1, -0.05) is 54.4 Å². The second kappa shape index (κ2) is 7.97. The fraction of sp³-hybridized carbons (Fsp3) is 0.136. The number of aryl methyl sites for hydroxylation is 1. The molecule has 152 valence electrons. The minimum Gasteiger partial charge on any atom is -0.477 e. The van der Waals surface area contributed by atoms with Crippen molar-refractivity contribution in [2.45, 2.75) is 19.9 Å². The van der Waals surface area contributed by atoms with Gasteiger partial charge in [-0.2, -0.15) is 0 Å². The highest BCUT2D eigenvalue weighted by molar-refractivity contribution is 6.32. The van der Waals surface area contributed by atoms with E-state index in [-0.39, 0.29) is 5.56 Å². The summed E-state index contributed by atoms with van der Waals surface area (Å²) in [5.74, 6) is -1.28. The highest BCUT2D eigenvalue weighted by Gasteiger charge is 2.23. The zero-order valence-corrected chi connectivity index (χ0v) is 17.5. The first-order chi connectivity index (χ1) is 14.4. The Balaban J connectivity index is 2.18. The van der Waals surface area contributed by atoms with Gasteiger partial charge in [0.05, 0.1) is 16.4 Å². The lowest BCUT2D eigenvalue weighted by Gasteiger charge is -2.10. The molecular weight excluding hydrogens is 425 g/mol. The molecule has 0 fully saturated rings. The number of hydrogen-bond donors (Lipinski definition) is 1. The van der Waals surface area contributed by atoms with Gasteiger partial charge in [0.25, 0.3) is 5.56 Å². The number of rotatable bonds is 5. The Hall–Kier alpha value is -3.09. The predicted molar refractivity (Wildman–Crippen MR) is 118 cm³/mol. The molecule has 4 rings (SSSR count). The third kappa shape index (κ3) is 3.38. The molecule has 0 aliphatic carbocycles. The second-order valence-electron chi connectivity index (χ2n) is 6.78. The lowest BCUT2D eigenvalue weighted by Crippen LogP contribution is -2.26. The van der Waals surface area contributed by atoms with Crippen LogP contribution in [-0.4, -0.2) is 25.4 Å². The minimum atomic E-state index is -1.28. The first-order valence-corrected chi connectivity index (χ1v) is 10.1. The molecule has 0 spiro atoms. The lowest BCUT2D eigenvalue weighted by atomic mass is 10.1. The average Bonchev–Trinajstić information content (AvgIpc) is 3.09. The van der Waals surface area contributed by atoms with Crippen LogP contribution in [0.4, 0.5) is 0 Å². The molecule has 0 saturated heterocycles. The van der Waals surface area contributed by atoms with Gasteiger partial charge in [0, 0.05) is 22.5 Å². The topological polar surface area (TPSA) is 77.1 Å². The van der Waals surface area contributed by atoms with Crippen molar-refractivity contribution in [2.75, 3.05) is 0 Å². The van der Waals surface area contributed by atoms with E-state index in [1.54, 1.807) is 22.9 Å². The van der Waals surface area contributed by atoms with Gasteiger partial charge >= 0.3 is 5.97 Å². The molecule has 4 aromatic rings. The normalized spacial score (nSPS) is 11.2. The maximum atomic E-state index is 12.8. The maximum absolute atomic E-state index is 12.8. The third-order valence-corrected chi connectivity index (χ3v) is 5.37. The van der Waals surface area contributed by atoms with E-state index in [9.17, 15) is 14.7 Å². The summed E-state index contributed by atoms with van der Waals surface area (Å²) < 4.78 is 3.05. The molecular formula is C22H17Cl2N3O3. The van der Waals surface area contributed by atoms with Crippen LogP contribution < -0.4 is 5.56 Å². The number of carbonyl (C=O) groups is 1. The Bertz CT molecular complexity index is 1320. The molecule has 0 unspecified atom stereocenters. The Kier molecular flexibility index (Phi) is 5.37. The van der Waals surface area contributed by atoms with E-state index in [2.05, 4.69) is 0 Å². The summed E-state index contributed by atoms with van der Waals surface area (Å²) >= 11 is 12.5. The summed E-state index contributed by atoms with van der Waals surface area (Å²) in [4.78, 5) is 24.6. The van der Waals surface area contributed by atoms with Crippen LogP contribution in [0, 0.1) is 0 Å². The molecule has 6 nitrogen and oxygen atoms in total. The molecule has 0 amide bonds. The van der Waals surface area contributed by atoms with Crippen LogP contribution in [0.3, 0.4) is 0 Å². The molecule has 2 heterocycles. The van der Waals surface area contributed by atoms with Gasteiger partial charge in [0.15, 0.2) is 5.65 Å². The molecule has 1 N–H and O–H groups in total. The van der Waals surface area contributed by atoms with Crippen LogP contribution in [0.25, 0.3) is 28.0 Å².